The molecule has 0 fully saturated rings. The van der Waals surface area contributed by atoms with Gasteiger partial charge in [-0.2, -0.15) is 5.26 Å². The average molecular weight is 282 g/mol. The third-order valence-corrected chi connectivity index (χ3v) is 4.03. The molecule has 110 valence electrons. The van der Waals surface area contributed by atoms with E-state index in [9.17, 15) is 5.26 Å². The first-order chi connectivity index (χ1) is 10.2. The van der Waals surface area contributed by atoms with Crippen LogP contribution >= 0.6 is 0 Å². The SMILES string of the molecule is CCC(C#N)(CCCOc1ccc2ccccc2c1)NC. The number of benzene rings is 2. The van der Waals surface area contributed by atoms with Crippen LogP contribution in [0.1, 0.15) is 26.2 Å². The molecule has 2 aromatic carbocycles. The van der Waals surface area contributed by atoms with Crippen LogP contribution in [0.2, 0.25) is 0 Å². The van der Waals surface area contributed by atoms with Crippen molar-refractivity contribution in [1.82, 2.24) is 5.32 Å². The Labute approximate surface area is 126 Å². The van der Waals surface area contributed by atoms with Gasteiger partial charge in [0.15, 0.2) is 0 Å². The number of hydrogen-bond donors (Lipinski definition) is 1. The minimum absolute atomic E-state index is 0.424. The second-order valence-electron chi connectivity index (χ2n) is 5.26. The molecule has 0 radical (unpaired) electrons. The van der Waals surface area contributed by atoms with Crippen LogP contribution in [0.5, 0.6) is 5.75 Å². The maximum Gasteiger partial charge on any atom is 0.119 e. The summed E-state index contributed by atoms with van der Waals surface area (Å²) in [5.41, 5.74) is -0.424. The Morgan fingerprint density at radius 1 is 1.19 bits per heavy atom. The number of hydrogen-bond acceptors (Lipinski definition) is 3. The molecule has 1 atom stereocenters. The number of nitriles is 1. The molecular formula is C18H22N2O. The lowest BCUT2D eigenvalue weighted by atomic mass is 9.92. The van der Waals surface area contributed by atoms with Gasteiger partial charge in [0.2, 0.25) is 0 Å². The minimum Gasteiger partial charge on any atom is -0.494 e. The van der Waals surface area contributed by atoms with Crippen LogP contribution in [0.15, 0.2) is 42.5 Å². The van der Waals surface area contributed by atoms with E-state index in [1.165, 1.54) is 10.8 Å². The van der Waals surface area contributed by atoms with Crippen LogP contribution in [-0.2, 0) is 0 Å². The molecule has 3 nitrogen and oxygen atoms in total. The van der Waals surface area contributed by atoms with Crippen molar-refractivity contribution < 1.29 is 4.74 Å². The van der Waals surface area contributed by atoms with Gasteiger partial charge in [-0.1, -0.05) is 37.3 Å². The quantitative estimate of drug-likeness (QED) is 0.784. The van der Waals surface area contributed by atoms with E-state index >= 15 is 0 Å². The molecule has 0 amide bonds. The summed E-state index contributed by atoms with van der Waals surface area (Å²) in [4.78, 5) is 0. The van der Waals surface area contributed by atoms with Crippen molar-refractivity contribution in [2.75, 3.05) is 13.7 Å². The minimum atomic E-state index is -0.424. The number of ether oxygens (including phenoxy) is 1. The lowest BCUT2D eigenvalue weighted by Gasteiger charge is -2.24. The van der Waals surface area contributed by atoms with Gasteiger partial charge in [-0.15, -0.1) is 0 Å². The third-order valence-electron chi connectivity index (χ3n) is 4.03. The zero-order valence-electron chi connectivity index (χ0n) is 12.7. The fourth-order valence-electron chi connectivity index (χ4n) is 2.49. The van der Waals surface area contributed by atoms with Crippen LogP contribution in [0.25, 0.3) is 10.8 Å². The highest BCUT2D eigenvalue weighted by Gasteiger charge is 2.24. The van der Waals surface area contributed by atoms with E-state index in [-0.39, 0.29) is 0 Å². The van der Waals surface area contributed by atoms with Gasteiger partial charge in [0.1, 0.15) is 11.3 Å². The first-order valence-corrected chi connectivity index (χ1v) is 7.45. The molecule has 1 N–H and O–H groups in total. The topological polar surface area (TPSA) is 45.0 Å². The summed E-state index contributed by atoms with van der Waals surface area (Å²) >= 11 is 0. The molecule has 3 heteroatoms. The molecule has 0 heterocycles. The van der Waals surface area contributed by atoms with Gasteiger partial charge in [-0.05, 0) is 49.2 Å². The predicted octanol–water partition coefficient (Wildman–Crippen LogP) is 3.89. The molecule has 0 aromatic heterocycles. The fraction of sp³-hybridized carbons (Fsp3) is 0.389. The Bertz CT molecular complexity index is 626. The van der Waals surface area contributed by atoms with Gasteiger partial charge in [-0.3, -0.25) is 0 Å². The second-order valence-corrected chi connectivity index (χ2v) is 5.26. The van der Waals surface area contributed by atoms with E-state index in [0.717, 1.165) is 25.0 Å². The van der Waals surface area contributed by atoms with Gasteiger partial charge in [-0.25, -0.2) is 0 Å². The highest BCUT2D eigenvalue weighted by molar-refractivity contribution is 5.83. The van der Waals surface area contributed by atoms with Crippen LogP contribution in [0, 0.1) is 11.3 Å². The lowest BCUT2D eigenvalue weighted by Crippen LogP contribution is -2.41. The Kier molecular flexibility index (Phi) is 5.19. The molecule has 2 rings (SSSR count). The summed E-state index contributed by atoms with van der Waals surface area (Å²) in [5.74, 6) is 0.886. The Morgan fingerprint density at radius 3 is 2.62 bits per heavy atom. The van der Waals surface area contributed by atoms with E-state index in [4.69, 9.17) is 4.74 Å². The molecule has 0 aliphatic carbocycles. The summed E-state index contributed by atoms with van der Waals surface area (Å²) < 4.78 is 5.81. The fourth-order valence-corrected chi connectivity index (χ4v) is 2.49. The van der Waals surface area contributed by atoms with Crippen LogP contribution in [0.4, 0.5) is 0 Å². The Balaban J connectivity index is 1.89. The average Bonchev–Trinajstić information content (AvgIpc) is 2.55. The van der Waals surface area contributed by atoms with Crippen molar-refractivity contribution in [1.29, 1.82) is 5.26 Å². The van der Waals surface area contributed by atoms with Crippen LogP contribution in [0.3, 0.4) is 0 Å². The van der Waals surface area contributed by atoms with Crippen molar-refractivity contribution in [2.45, 2.75) is 31.7 Å². The zero-order chi connectivity index (χ0) is 15.1. The zero-order valence-corrected chi connectivity index (χ0v) is 12.7. The summed E-state index contributed by atoms with van der Waals surface area (Å²) in [7, 11) is 1.84. The summed E-state index contributed by atoms with van der Waals surface area (Å²) in [6.07, 6.45) is 2.45. The highest BCUT2D eigenvalue weighted by Crippen LogP contribution is 2.21. The van der Waals surface area contributed by atoms with Gasteiger partial charge < -0.3 is 10.1 Å². The molecular weight excluding hydrogens is 260 g/mol. The Hall–Kier alpha value is -2.05. The number of nitrogens with one attached hydrogen (secondary N) is 1. The lowest BCUT2D eigenvalue weighted by molar-refractivity contribution is 0.281. The standard InChI is InChI=1S/C18H22N2O/c1-3-18(14-19,20-2)11-6-12-21-17-10-9-15-7-4-5-8-16(15)13-17/h4-5,7-10,13,20H,3,6,11-12H2,1-2H3. The highest BCUT2D eigenvalue weighted by atomic mass is 16.5. The molecule has 0 bridgehead atoms. The number of fused-ring (bicyclic) bond motifs is 1. The number of rotatable bonds is 7. The third kappa shape index (κ3) is 3.74. The van der Waals surface area contributed by atoms with Gasteiger partial charge >= 0.3 is 0 Å². The molecule has 1 unspecified atom stereocenters. The summed E-state index contributed by atoms with van der Waals surface area (Å²) in [6, 6.07) is 16.7. The van der Waals surface area contributed by atoms with Gasteiger partial charge in [0.25, 0.3) is 0 Å². The van der Waals surface area contributed by atoms with Crippen LogP contribution < -0.4 is 10.1 Å². The number of nitrogens with zero attached hydrogens (tertiary/aromatic N) is 1. The Morgan fingerprint density at radius 2 is 1.95 bits per heavy atom. The van der Waals surface area contributed by atoms with Gasteiger partial charge in [0.05, 0.1) is 12.7 Å². The molecule has 0 aliphatic rings. The molecule has 21 heavy (non-hydrogen) atoms. The van der Waals surface area contributed by atoms with Gasteiger partial charge in [0, 0.05) is 0 Å². The monoisotopic (exact) mass is 282 g/mol. The van der Waals surface area contributed by atoms with E-state index < -0.39 is 5.54 Å². The first kappa shape index (κ1) is 15.3. The molecule has 0 spiro atoms. The second kappa shape index (κ2) is 7.10. The van der Waals surface area contributed by atoms with Crippen molar-refractivity contribution in [3.05, 3.63) is 42.5 Å². The van der Waals surface area contributed by atoms with E-state index in [1.807, 2.05) is 32.2 Å². The predicted molar refractivity (Wildman–Crippen MR) is 86.4 cm³/mol. The molecule has 2 aromatic rings. The first-order valence-electron chi connectivity index (χ1n) is 7.45. The van der Waals surface area contributed by atoms with E-state index in [2.05, 4.69) is 35.7 Å². The van der Waals surface area contributed by atoms with Crippen LogP contribution in [-0.4, -0.2) is 19.2 Å². The summed E-state index contributed by atoms with van der Waals surface area (Å²) in [5, 5.41) is 14.8. The molecule has 0 aliphatic heterocycles. The smallest absolute Gasteiger partial charge is 0.119 e. The van der Waals surface area contributed by atoms with E-state index in [1.54, 1.807) is 0 Å². The maximum absolute atomic E-state index is 9.26. The largest absolute Gasteiger partial charge is 0.494 e. The maximum atomic E-state index is 9.26. The van der Waals surface area contributed by atoms with E-state index in [0.29, 0.717) is 6.61 Å². The normalized spacial score (nSPS) is 13.6. The molecule has 0 saturated carbocycles. The summed E-state index contributed by atoms with van der Waals surface area (Å²) in [6.45, 7) is 2.66. The van der Waals surface area contributed by atoms with Crippen molar-refractivity contribution in [2.24, 2.45) is 0 Å². The van der Waals surface area contributed by atoms with Crippen molar-refractivity contribution >= 4 is 10.8 Å². The van der Waals surface area contributed by atoms with Crippen molar-refractivity contribution in [3.63, 3.8) is 0 Å². The van der Waals surface area contributed by atoms with Crippen molar-refractivity contribution in [3.8, 4) is 11.8 Å². The molecule has 0 saturated heterocycles.